The molecule has 0 saturated carbocycles. The van der Waals surface area contributed by atoms with Crippen molar-refractivity contribution in [1.29, 1.82) is 0 Å². The number of terminal acetylenes is 1. The first-order valence-corrected chi connectivity index (χ1v) is 9.13. The number of hydrogen-bond acceptors (Lipinski definition) is 4. The highest BCUT2D eigenvalue weighted by atomic mass is 16.5. The van der Waals surface area contributed by atoms with Crippen LogP contribution in [0.1, 0.15) is 52.8 Å². The first kappa shape index (κ1) is 17.7. The summed E-state index contributed by atoms with van der Waals surface area (Å²) in [6.07, 6.45) is 7.28. The highest BCUT2D eigenvalue weighted by Crippen LogP contribution is 2.33. The summed E-state index contributed by atoms with van der Waals surface area (Å²) in [5, 5.41) is 0. The Bertz CT molecular complexity index is 1120. The van der Waals surface area contributed by atoms with Gasteiger partial charge < -0.3 is 4.74 Å². The van der Waals surface area contributed by atoms with E-state index in [1.54, 1.807) is 13.3 Å². The van der Waals surface area contributed by atoms with Crippen molar-refractivity contribution in [2.45, 2.75) is 19.9 Å². The van der Waals surface area contributed by atoms with Crippen molar-refractivity contribution in [3.05, 3.63) is 82.9 Å². The molecular weight excluding hydrogens is 350 g/mol. The minimum Gasteiger partial charge on any atom is -0.461 e. The Morgan fingerprint density at radius 1 is 1.25 bits per heavy atom. The van der Waals surface area contributed by atoms with Gasteiger partial charge in [0.25, 0.3) is 0 Å². The topological polar surface area (TPSA) is 56.5 Å². The van der Waals surface area contributed by atoms with Crippen molar-refractivity contribution in [1.82, 2.24) is 9.55 Å². The molecule has 0 aliphatic carbocycles. The van der Waals surface area contributed by atoms with E-state index in [1.807, 2.05) is 60.0 Å². The van der Waals surface area contributed by atoms with Crippen LogP contribution in [0.3, 0.4) is 0 Å². The molecule has 2 aromatic carbocycles. The Morgan fingerprint density at radius 2 is 2.04 bits per heavy atom. The lowest BCUT2D eigenvalue weighted by Gasteiger charge is -2.12. The zero-order valence-corrected chi connectivity index (χ0v) is 15.7. The number of aromatic nitrogens is 2. The SMILES string of the molecule is C#Cc1ccc2c(c1)C(c1ccccc1)=N[C@H](C)c1c(C(=O)OCC)ncn1-2. The molecule has 28 heavy (non-hydrogen) atoms. The molecule has 1 aliphatic heterocycles. The summed E-state index contributed by atoms with van der Waals surface area (Å²) in [4.78, 5) is 21.7. The summed E-state index contributed by atoms with van der Waals surface area (Å²) >= 11 is 0. The second-order valence-electron chi connectivity index (χ2n) is 6.46. The number of hydrogen-bond donors (Lipinski definition) is 0. The van der Waals surface area contributed by atoms with Gasteiger partial charge in [-0.1, -0.05) is 36.3 Å². The molecule has 5 heteroatoms. The molecule has 0 radical (unpaired) electrons. The molecule has 0 N–H and O–H groups in total. The Hall–Kier alpha value is -3.65. The second-order valence-corrected chi connectivity index (χ2v) is 6.46. The summed E-state index contributed by atoms with van der Waals surface area (Å²) < 4.78 is 7.10. The summed E-state index contributed by atoms with van der Waals surface area (Å²) in [6.45, 7) is 4.02. The van der Waals surface area contributed by atoms with E-state index in [0.29, 0.717) is 18.0 Å². The van der Waals surface area contributed by atoms with Crippen LogP contribution in [0.4, 0.5) is 0 Å². The molecule has 1 aliphatic rings. The number of fused-ring (bicyclic) bond motifs is 3. The van der Waals surface area contributed by atoms with Crippen LogP contribution < -0.4 is 0 Å². The number of esters is 1. The highest BCUT2D eigenvalue weighted by Gasteiger charge is 2.29. The van der Waals surface area contributed by atoms with Crippen molar-refractivity contribution >= 4 is 11.7 Å². The average Bonchev–Trinajstić information content (AvgIpc) is 3.13. The van der Waals surface area contributed by atoms with Gasteiger partial charge in [-0.05, 0) is 32.0 Å². The highest BCUT2D eigenvalue weighted by molar-refractivity contribution is 6.15. The monoisotopic (exact) mass is 369 g/mol. The predicted octanol–water partition coefficient (Wildman–Crippen LogP) is 3.94. The van der Waals surface area contributed by atoms with Crippen LogP contribution >= 0.6 is 0 Å². The molecule has 0 amide bonds. The maximum Gasteiger partial charge on any atom is 0.358 e. The fourth-order valence-corrected chi connectivity index (χ4v) is 3.48. The number of imidazole rings is 1. The number of aliphatic imine (C=N–C) groups is 1. The Morgan fingerprint density at radius 3 is 2.75 bits per heavy atom. The van der Waals surface area contributed by atoms with Gasteiger partial charge in [0.05, 0.1) is 29.7 Å². The molecule has 0 spiro atoms. The standard InChI is InChI=1S/C23H19N3O2/c1-4-16-11-12-19-18(13-16)20(17-9-7-6-8-10-17)25-15(3)22-21(23(27)28-5-2)24-14-26(19)22/h1,6-15H,5H2,2-3H3/t15-/m1/s1. The average molecular weight is 369 g/mol. The minimum atomic E-state index is -0.441. The van der Waals surface area contributed by atoms with Gasteiger partial charge in [-0.3, -0.25) is 9.56 Å². The van der Waals surface area contributed by atoms with Gasteiger partial charge in [0, 0.05) is 16.7 Å². The molecule has 0 bridgehead atoms. The minimum absolute atomic E-state index is 0.291. The normalized spacial score (nSPS) is 14.9. The lowest BCUT2D eigenvalue weighted by Crippen LogP contribution is -2.11. The first-order valence-electron chi connectivity index (χ1n) is 9.13. The number of benzene rings is 2. The van der Waals surface area contributed by atoms with Crippen LogP contribution in [-0.4, -0.2) is 27.8 Å². The molecule has 3 aromatic rings. The van der Waals surface area contributed by atoms with E-state index in [0.717, 1.165) is 28.1 Å². The Kier molecular flexibility index (Phi) is 4.54. The third-order valence-corrected chi connectivity index (χ3v) is 4.72. The van der Waals surface area contributed by atoms with Crippen molar-refractivity contribution in [2.24, 2.45) is 4.99 Å². The molecule has 4 rings (SSSR count). The van der Waals surface area contributed by atoms with Gasteiger partial charge >= 0.3 is 5.97 Å². The lowest BCUT2D eigenvalue weighted by molar-refractivity contribution is 0.0518. The molecule has 5 nitrogen and oxygen atoms in total. The Labute approximate surface area is 163 Å². The maximum atomic E-state index is 12.4. The molecule has 138 valence electrons. The van der Waals surface area contributed by atoms with E-state index < -0.39 is 5.97 Å². The number of carbonyl (C=O) groups is 1. The quantitative estimate of drug-likeness (QED) is 0.519. The van der Waals surface area contributed by atoms with E-state index in [1.165, 1.54) is 0 Å². The fourth-order valence-electron chi connectivity index (χ4n) is 3.48. The molecular formula is C23H19N3O2. The van der Waals surface area contributed by atoms with E-state index in [9.17, 15) is 4.79 Å². The third-order valence-electron chi connectivity index (χ3n) is 4.72. The van der Waals surface area contributed by atoms with Gasteiger partial charge in [0.1, 0.15) is 6.33 Å². The Balaban J connectivity index is 1.99. The molecule has 1 aromatic heterocycles. The van der Waals surface area contributed by atoms with Gasteiger partial charge in [0.2, 0.25) is 0 Å². The zero-order valence-electron chi connectivity index (χ0n) is 15.7. The van der Waals surface area contributed by atoms with Crippen LogP contribution in [0, 0.1) is 12.3 Å². The molecule has 2 heterocycles. The number of ether oxygens (including phenoxy) is 1. The van der Waals surface area contributed by atoms with Crippen LogP contribution in [0.2, 0.25) is 0 Å². The first-order chi connectivity index (χ1) is 13.6. The van der Waals surface area contributed by atoms with Crippen molar-refractivity contribution < 1.29 is 9.53 Å². The van der Waals surface area contributed by atoms with Crippen LogP contribution in [0.25, 0.3) is 5.69 Å². The maximum absolute atomic E-state index is 12.4. The van der Waals surface area contributed by atoms with E-state index in [2.05, 4.69) is 10.9 Å². The summed E-state index contributed by atoms with van der Waals surface area (Å²) in [6, 6.07) is 15.4. The summed E-state index contributed by atoms with van der Waals surface area (Å²) in [5.41, 5.74) is 5.37. The third kappa shape index (κ3) is 2.89. The fraction of sp³-hybridized carbons (Fsp3) is 0.174. The van der Waals surface area contributed by atoms with Crippen LogP contribution in [-0.2, 0) is 4.74 Å². The molecule has 0 saturated heterocycles. The smallest absolute Gasteiger partial charge is 0.358 e. The second kappa shape index (κ2) is 7.16. The number of rotatable bonds is 3. The largest absolute Gasteiger partial charge is 0.461 e. The number of nitrogens with zero attached hydrogens (tertiary/aromatic N) is 3. The van der Waals surface area contributed by atoms with Crippen molar-refractivity contribution in [2.75, 3.05) is 6.61 Å². The molecule has 0 fully saturated rings. The number of carbonyl (C=O) groups excluding carboxylic acids is 1. The van der Waals surface area contributed by atoms with Gasteiger partial charge in [0.15, 0.2) is 5.69 Å². The van der Waals surface area contributed by atoms with Crippen molar-refractivity contribution in [3.8, 4) is 18.0 Å². The molecule has 1 atom stereocenters. The van der Waals surface area contributed by atoms with E-state index >= 15 is 0 Å². The molecule has 0 unspecified atom stereocenters. The van der Waals surface area contributed by atoms with E-state index in [-0.39, 0.29) is 6.04 Å². The lowest BCUT2D eigenvalue weighted by atomic mass is 9.98. The zero-order chi connectivity index (χ0) is 19.7. The van der Waals surface area contributed by atoms with Crippen molar-refractivity contribution in [3.63, 3.8) is 0 Å². The van der Waals surface area contributed by atoms with E-state index in [4.69, 9.17) is 16.2 Å². The predicted molar refractivity (Wildman–Crippen MR) is 108 cm³/mol. The summed E-state index contributed by atoms with van der Waals surface area (Å²) in [5.74, 6) is 2.25. The van der Waals surface area contributed by atoms with Gasteiger partial charge in [-0.25, -0.2) is 9.78 Å². The van der Waals surface area contributed by atoms with Gasteiger partial charge in [-0.15, -0.1) is 6.42 Å². The van der Waals surface area contributed by atoms with Crippen LogP contribution in [0.5, 0.6) is 0 Å². The van der Waals surface area contributed by atoms with Crippen LogP contribution in [0.15, 0.2) is 59.9 Å². The summed E-state index contributed by atoms with van der Waals surface area (Å²) in [7, 11) is 0. The van der Waals surface area contributed by atoms with Gasteiger partial charge in [-0.2, -0.15) is 0 Å².